The Labute approximate surface area is 124 Å². The number of fused-ring (bicyclic) bond motifs is 1. The number of piperazine rings is 1. The van der Waals surface area contributed by atoms with Gasteiger partial charge in [0.1, 0.15) is 5.65 Å². The Morgan fingerprint density at radius 3 is 2.86 bits per heavy atom. The number of hydrazine groups is 1. The summed E-state index contributed by atoms with van der Waals surface area (Å²) in [6, 6.07) is 4.05. The maximum Gasteiger partial charge on any atom is 0.240 e. The van der Waals surface area contributed by atoms with Gasteiger partial charge in [-0.1, -0.05) is 0 Å². The van der Waals surface area contributed by atoms with Crippen LogP contribution in [0.3, 0.4) is 0 Å². The molecule has 2 aromatic heterocycles. The molecule has 6 heteroatoms. The maximum atomic E-state index is 12.1. The predicted molar refractivity (Wildman–Crippen MR) is 80.8 cm³/mol. The topological polar surface area (TPSA) is 52.9 Å². The van der Waals surface area contributed by atoms with Crippen LogP contribution in [0, 0.1) is 6.92 Å². The number of amides is 1. The van der Waals surface area contributed by atoms with E-state index in [1.165, 1.54) is 5.56 Å². The molecule has 0 atom stereocenters. The molecule has 1 fully saturated rings. The van der Waals surface area contributed by atoms with Crippen LogP contribution >= 0.6 is 0 Å². The first-order valence-electron chi connectivity index (χ1n) is 7.27. The van der Waals surface area contributed by atoms with Crippen molar-refractivity contribution in [1.29, 1.82) is 0 Å². The van der Waals surface area contributed by atoms with E-state index in [-0.39, 0.29) is 5.91 Å². The molecule has 1 aliphatic rings. The van der Waals surface area contributed by atoms with Crippen molar-refractivity contribution in [3.05, 3.63) is 35.8 Å². The summed E-state index contributed by atoms with van der Waals surface area (Å²) < 4.78 is 1.95. The Bertz CT molecular complexity index is 643. The minimum atomic E-state index is -0.000295. The molecule has 0 saturated carbocycles. The second-order valence-electron chi connectivity index (χ2n) is 5.70. The second-order valence-corrected chi connectivity index (χ2v) is 5.70. The lowest BCUT2D eigenvalue weighted by Crippen LogP contribution is -2.52. The molecule has 1 aliphatic heterocycles. The van der Waals surface area contributed by atoms with Crippen LogP contribution in [-0.4, -0.2) is 58.4 Å². The molecular weight excluding hydrogens is 266 g/mol. The molecule has 1 N–H and O–H groups in total. The van der Waals surface area contributed by atoms with Gasteiger partial charge < -0.3 is 9.30 Å². The van der Waals surface area contributed by atoms with E-state index in [4.69, 9.17) is 0 Å². The highest BCUT2D eigenvalue weighted by Gasteiger charge is 2.16. The van der Waals surface area contributed by atoms with E-state index in [2.05, 4.69) is 22.4 Å². The largest absolute Gasteiger partial charge is 0.307 e. The van der Waals surface area contributed by atoms with Crippen LogP contribution in [0.25, 0.3) is 5.65 Å². The number of imidazole rings is 1. The van der Waals surface area contributed by atoms with Crippen molar-refractivity contribution in [2.24, 2.45) is 0 Å². The Kier molecular flexibility index (Phi) is 3.90. The molecule has 0 unspecified atom stereocenters. The van der Waals surface area contributed by atoms with Crippen LogP contribution in [0.1, 0.15) is 11.3 Å². The normalized spacial score (nSPS) is 17.2. The average Bonchev–Trinajstić information content (AvgIpc) is 2.82. The van der Waals surface area contributed by atoms with Crippen molar-refractivity contribution in [3.63, 3.8) is 0 Å². The zero-order chi connectivity index (χ0) is 14.8. The number of pyridine rings is 1. The predicted octanol–water partition coefficient (Wildman–Crippen LogP) is 0.464. The monoisotopic (exact) mass is 287 g/mol. The van der Waals surface area contributed by atoms with Crippen molar-refractivity contribution in [2.45, 2.75) is 13.3 Å². The van der Waals surface area contributed by atoms with Crippen molar-refractivity contribution in [2.75, 3.05) is 33.2 Å². The summed E-state index contributed by atoms with van der Waals surface area (Å²) in [5.74, 6) is -0.000295. The smallest absolute Gasteiger partial charge is 0.240 e. The number of hydrogen-bond donors (Lipinski definition) is 1. The molecule has 3 heterocycles. The van der Waals surface area contributed by atoms with Gasteiger partial charge in [0.25, 0.3) is 0 Å². The highest BCUT2D eigenvalue weighted by molar-refractivity contribution is 5.77. The third-order valence-corrected chi connectivity index (χ3v) is 3.79. The number of carbonyl (C=O) groups excluding carboxylic acids is 1. The van der Waals surface area contributed by atoms with Crippen LogP contribution in [0.2, 0.25) is 0 Å². The van der Waals surface area contributed by atoms with E-state index < -0.39 is 0 Å². The number of likely N-dealkylation sites (N-methyl/N-ethyl adjacent to an activating group) is 1. The third kappa shape index (κ3) is 3.40. The van der Waals surface area contributed by atoms with E-state index in [1.54, 1.807) is 0 Å². The molecule has 2 aromatic rings. The van der Waals surface area contributed by atoms with Crippen LogP contribution < -0.4 is 5.43 Å². The molecule has 0 aliphatic carbocycles. The number of aromatic nitrogens is 2. The maximum absolute atomic E-state index is 12.1. The number of nitrogens with one attached hydrogen (secondary N) is 1. The summed E-state index contributed by atoms with van der Waals surface area (Å²) in [4.78, 5) is 18.8. The Balaban J connectivity index is 1.60. The van der Waals surface area contributed by atoms with Gasteiger partial charge in [-0.3, -0.25) is 10.2 Å². The van der Waals surface area contributed by atoms with E-state index in [1.807, 2.05) is 40.9 Å². The van der Waals surface area contributed by atoms with Gasteiger partial charge in [0.15, 0.2) is 0 Å². The van der Waals surface area contributed by atoms with E-state index in [0.29, 0.717) is 6.42 Å². The first-order valence-corrected chi connectivity index (χ1v) is 7.27. The molecule has 112 valence electrons. The zero-order valence-electron chi connectivity index (χ0n) is 12.5. The number of hydrogen-bond acceptors (Lipinski definition) is 4. The third-order valence-electron chi connectivity index (χ3n) is 3.79. The average molecular weight is 287 g/mol. The molecule has 0 bridgehead atoms. The molecule has 0 aromatic carbocycles. The van der Waals surface area contributed by atoms with Crippen LogP contribution in [0.4, 0.5) is 0 Å². The summed E-state index contributed by atoms with van der Waals surface area (Å²) >= 11 is 0. The molecule has 6 nitrogen and oxygen atoms in total. The lowest BCUT2D eigenvalue weighted by atomic mass is 10.3. The van der Waals surface area contributed by atoms with Gasteiger partial charge in [-0.05, 0) is 31.7 Å². The lowest BCUT2D eigenvalue weighted by Gasteiger charge is -2.32. The quantitative estimate of drug-likeness (QED) is 0.891. The van der Waals surface area contributed by atoms with Gasteiger partial charge in [0.2, 0.25) is 5.91 Å². The Morgan fingerprint density at radius 1 is 1.33 bits per heavy atom. The van der Waals surface area contributed by atoms with Gasteiger partial charge in [0, 0.05) is 38.6 Å². The van der Waals surface area contributed by atoms with E-state index >= 15 is 0 Å². The van der Waals surface area contributed by atoms with Crippen molar-refractivity contribution in [1.82, 2.24) is 24.7 Å². The molecule has 21 heavy (non-hydrogen) atoms. The van der Waals surface area contributed by atoms with E-state index in [0.717, 1.165) is 37.5 Å². The van der Waals surface area contributed by atoms with Crippen molar-refractivity contribution >= 4 is 11.6 Å². The Morgan fingerprint density at radius 2 is 2.10 bits per heavy atom. The summed E-state index contributed by atoms with van der Waals surface area (Å²) in [5, 5.41) is 1.99. The minimum absolute atomic E-state index is 0.000295. The summed E-state index contributed by atoms with van der Waals surface area (Å²) in [6.07, 6.45) is 4.20. The highest BCUT2D eigenvalue weighted by atomic mass is 16.2. The van der Waals surface area contributed by atoms with Crippen LogP contribution in [0.15, 0.2) is 24.5 Å². The second kappa shape index (κ2) is 5.83. The number of aryl methyl sites for hydroxylation is 1. The molecule has 0 spiro atoms. The summed E-state index contributed by atoms with van der Waals surface area (Å²) in [5.41, 5.74) is 5.82. The van der Waals surface area contributed by atoms with Gasteiger partial charge in [-0.2, -0.15) is 0 Å². The fourth-order valence-electron chi connectivity index (χ4n) is 2.52. The first kappa shape index (κ1) is 14.0. The van der Waals surface area contributed by atoms with Gasteiger partial charge in [-0.25, -0.2) is 9.99 Å². The number of nitrogens with zero attached hydrogens (tertiary/aromatic N) is 4. The van der Waals surface area contributed by atoms with E-state index in [9.17, 15) is 4.79 Å². The van der Waals surface area contributed by atoms with Crippen LogP contribution in [0.5, 0.6) is 0 Å². The molecule has 1 saturated heterocycles. The molecular formula is C15H21N5O. The molecule has 0 radical (unpaired) electrons. The number of rotatable bonds is 3. The van der Waals surface area contributed by atoms with Crippen molar-refractivity contribution < 1.29 is 4.79 Å². The summed E-state index contributed by atoms with van der Waals surface area (Å²) in [7, 11) is 2.10. The molecule has 3 rings (SSSR count). The van der Waals surface area contributed by atoms with Gasteiger partial charge in [-0.15, -0.1) is 0 Å². The fraction of sp³-hybridized carbons (Fsp3) is 0.467. The Hall–Kier alpha value is -1.92. The van der Waals surface area contributed by atoms with Gasteiger partial charge >= 0.3 is 0 Å². The fourth-order valence-corrected chi connectivity index (χ4v) is 2.52. The standard InChI is InChI=1S/C15H21N5O/c1-12-3-4-19-11-13(16-14(19)9-12)10-15(21)17-20-7-5-18(2)6-8-20/h3-4,9,11H,5-8,10H2,1-2H3,(H,17,21). The first-order chi connectivity index (χ1) is 10.1. The minimum Gasteiger partial charge on any atom is -0.307 e. The van der Waals surface area contributed by atoms with Gasteiger partial charge in [0.05, 0.1) is 12.1 Å². The number of carbonyl (C=O) groups is 1. The zero-order valence-corrected chi connectivity index (χ0v) is 12.5. The lowest BCUT2D eigenvalue weighted by molar-refractivity contribution is -0.126. The SMILES string of the molecule is Cc1ccn2cc(CC(=O)NN3CCN(C)CC3)nc2c1. The summed E-state index contributed by atoms with van der Waals surface area (Å²) in [6.45, 7) is 5.73. The molecule has 1 amide bonds. The van der Waals surface area contributed by atoms with Crippen LogP contribution in [-0.2, 0) is 11.2 Å². The highest BCUT2D eigenvalue weighted by Crippen LogP contribution is 2.08. The van der Waals surface area contributed by atoms with Crippen molar-refractivity contribution in [3.8, 4) is 0 Å².